The number of hydrogen-bond donors (Lipinski definition) is 2. The minimum atomic E-state index is -1.21. The van der Waals surface area contributed by atoms with Crippen molar-refractivity contribution in [1.82, 2.24) is 34.3 Å². The van der Waals surface area contributed by atoms with Crippen molar-refractivity contribution in [3.63, 3.8) is 0 Å². The summed E-state index contributed by atoms with van der Waals surface area (Å²) in [6, 6.07) is 12.6. The van der Waals surface area contributed by atoms with Crippen molar-refractivity contribution in [2.75, 3.05) is 19.8 Å². The molecule has 5 heterocycles. The number of benzene rings is 1. The van der Waals surface area contributed by atoms with Crippen molar-refractivity contribution in [1.29, 1.82) is 0 Å². The smallest absolute Gasteiger partial charge is 0.118 e. The first kappa shape index (κ1) is 25.7. The normalized spacial score (nSPS) is 15.9. The van der Waals surface area contributed by atoms with Gasteiger partial charge in [0.2, 0.25) is 0 Å². The first-order chi connectivity index (χ1) is 18.8. The highest BCUT2D eigenvalue weighted by Crippen LogP contribution is 2.43. The first-order valence-electron chi connectivity index (χ1n) is 13.5. The Hall–Kier alpha value is -3.60. The van der Waals surface area contributed by atoms with Crippen molar-refractivity contribution in [3.8, 4) is 11.3 Å². The van der Waals surface area contributed by atoms with Gasteiger partial charge < -0.3 is 19.5 Å². The van der Waals surface area contributed by atoms with Gasteiger partial charge in [-0.1, -0.05) is 35.5 Å². The quantitative estimate of drug-likeness (QED) is 0.330. The van der Waals surface area contributed by atoms with Gasteiger partial charge in [-0.15, -0.1) is 5.10 Å². The van der Waals surface area contributed by atoms with E-state index in [1.54, 1.807) is 23.2 Å². The molecule has 0 bridgehead atoms. The van der Waals surface area contributed by atoms with E-state index in [-0.39, 0.29) is 12.6 Å². The van der Waals surface area contributed by atoms with E-state index in [0.717, 1.165) is 51.9 Å². The maximum atomic E-state index is 11.3. The molecule has 5 aromatic rings. The third kappa shape index (κ3) is 4.32. The van der Waals surface area contributed by atoms with E-state index in [0.29, 0.717) is 31.4 Å². The largest absolute Gasteiger partial charge is 0.394 e. The van der Waals surface area contributed by atoms with Crippen molar-refractivity contribution < 1.29 is 14.9 Å². The van der Waals surface area contributed by atoms with Crippen LogP contribution in [0.1, 0.15) is 49.7 Å². The maximum absolute atomic E-state index is 11.3. The fourth-order valence-corrected chi connectivity index (χ4v) is 6.11. The molecule has 1 fully saturated rings. The minimum absolute atomic E-state index is 0.0363. The molecule has 10 nitrogen and oxygen atoms in total. The molecule has 1 aliphatic heterocycles. The molecule has 0 radical (unpaired) electrons. The lowest BCUT2D eigenvalue weighted by molar-refractivity contribution is 0.0547. The van der Waals surface area contributed by atoms with Crippen LogP contribution in [-0.4, -0.2) is 64.4 Å². The molecule has 1 unspecified atom stereocenters. The molecule has 10 heteroatoms. The SMILES string of the molecule is Cc1nnn(C)c1-c1cnc2c3c(c(C(C)(C)O)nn3CCO)n(C(c3ccccc3)C3CCOCC3)c2c1. The molecule has 1 aromatic carbocycles. The molecule has 0 aliphatic carbocycles. The predicted molar refractivity (Wildman–Crippen MR) is 148 cm³/mol. The van der Waals surface area contributed by atoms with E-state index >= 15 is 0 Å². The maximum Gasteiger partial charge on any atom is 0.118 e. The number of aryl methyl sites for hydroxylation is 2. The number of hydrogen-bond acceptors (Lipinski definition) is 7. The lowest BCUT2D eigenvalue weighted by Gasteiger charge is -2.33. The number of ether oxygens (including phenoxy) is 1. The van der Waals surface area contributed by atoms with Crippen molar-refractivity contribution in [3.05, 3.63) is 59.5 Å². The summed E-state index contributed by atoms with van der Waals surface area (Å²) < 4.78 is 11.7. The molecular formula is C29H35N7O3. The number of rotatable bonds is 7. The Morgan fingerprint density at radius 2 is 1.87 bits per heavy atom. The van der Waals surface area contributed by atoms with Crippen LogP contribution in [0.3, 0.4) is 0 Å². The fraction of sp³-hybridized carbons (Fsp3) is 0.448. The molecule has 1 aliphatic rings. The van der Waals surface area contributed by atoms with E-state index in [9.17, 15) is 10.2 Å². The Kier molecular flexibility index (Phi) is 6.49. The molecule has 204 valence electrons. The van der Waals surface area contributed by atoms with E-state index < -0.39 is 5.60 Å². The monoisotopic (exact) mass is 529 g/mol. The predicted octanol–water partition coefficient (Wildman–Crippen LogP) is 3.73. The van der Waals surface area contributed by atoms with Crippen LogP contribution in [0.25, 0.3) is 33.3 Å². The van der Waals surface area contributed by atoms with Crippen molar-refractivity contribution >= 4 is 22.1 Å². The molecule has 2 N–H and O–H groups in total. The number of aliphatic hydroxyl groups is 2. The van der Waals surface area contributed by atoms with Crippen LogP contribution in [0.15, 0.2) is 42.6 Å². The van der Waals surface area contributed by atoms with Crippen LogP contribution in [0, 0.1) is 12.8 Å². The summed E-state index contributed by atoms with van der Waals surface area (Å²) >= 11 is 0. The average molecular weight is 530 g/mol. The Morgan fingerprint density at radius 3 is 2.51 bits per heavy atom. The Labute approximate surface area is 226 Å². The molecule has 0 saturated carbocycles. The third-order valence-electron chi connectivity index (χ3n) is 7.81. The summed E-state index contributed by atoms with van der Waals surface area (Å²) in [4.78, 5) is 4.99. The Morgan fingerprint density at radius 1 is 1.13 bits per heavy atom. The second kappa shape index (κ2) is 9.86. The molecule has 4 aromatic heterocycles. The van der Waals surface area contributed by atoms with Crippen LogP contribution < -0.4 is 0 Å². The van der Waals surface area contributed by atoms with Crippen molar-refractivity contribution in [2.24, 2.45) is 13.0 Å². The molecule has 1 saturated heterocycles. The molecular weight excluding hydrogens is 494 g/mol. The second-order valence-corrected chi connectivity index (χ2v) is 11.0. The second-order valence-electron chi connectivity index (χ2n) is 11.0. The van der Waals surface area contributed by atoms with Crippen molar-refractivity contribution in [2.45, 2.75) is 51.8 Å². The van der Waals surface area contributed by atoms with Crippen LogP contribution in [-0.2, 0) is 23.9 Å². The van der Waals surface area contributed by atoms with E-state index in [2.05, 4.69) is 45.2 Å². The molecule has 0 amide bonds. The summed E-state index contributed by atoms with van der Waals surface area (Å²) in [6.07, 6.45) is 3.69. The van der Waals surface area contributed by atoms with E-state index in [1.807, 2.05) is 26.2 Å². The fourth-order valence-electron chi connectivity index (χ4n) is 6.11. The molecule has 39 heavy (non-hydrogen) atoms. The average Bonchev–Trinajstić information content (AvgIpc) is 3.57. The first-order valence-corrected chi connectivity index (χ1v) is 13.5. The highest BCUT2D eigenvalue weighted by atomic mass is 16.5. The molecule has 6 rings (SSSR count). The van der Waals surface area contributed by atoms with Gasteiger partial charge in [-0.2, -0.15) is 5.10 Å². The topological polar surface area (TPSA) is 116 Å². The van der Waals surface area contributed by atoms with Gasteiger partial charge >= 0.3 is 0 Å². The standard InChI is InChI=1S/C29H35N7O3/c1-18-24(34(4)33-31-18)21-16-22-23(30-17-21)26-27(28(29(2,3)38)32-35(26)12-13-37)36(22)25(19-8-6-5-7-9-19)20-10-14-39-15-11-20/h5-9,16-17,20,25,37-38H,10-15H2,1-4H3. The summed E-state index contributed by atoms with van der Waals surface area (Å²) in [5.74, 6) is 0.305. The highest BCUT2D eigenvalue weighted by Gasteiger charge is 2.35. The Balaban J connectivity index is 1.75. The molecule has 0 spiro atoms. The van der Waals surface area contributed by atoms with Gasteiger partial charge in [0.05, 0.1) is 41.6 Å². The van der Waals surface area contributed by atoms with E-state index in [1.165, 1.54) is 5.56 Å². The number of fused-ring (bicyclic) bond motifs is 3. The zero-order valence-electron chi connectivity index (χ0n) is 22.9. The summed E-state index contributed by atoms with van der Waals surface area (Å²) in [6.45, 7) is 7.11. The van der Waals surface area contributed by atoms with Crippen LogP contribution in [0.2, 0.25) is 0 Å². The van der Waals surface area contributed by atoms with Gasteiger partial charge in [0.25, 0.3) is 0 Å². The zero-order valence-corrected chi connectivity index (χ0v) is 22.9. The zero-order chi connectivity index (χ0) is 27.3. The molecule has 1 atom stereocenters. The number of aliphatic hydroxyl groups excluding tert-OH is 1. The van der Waals surface area contributed by atoms with Crippen LogP contribution in [0.4, 0.5) is 0 Å². The van der Waals surface area contributed by atoms with E-state index in [4.69, 9.17) is 14.8 Å². The summed E-state index contributed by atoms with van der Waals surface area (Å²) in [5.41, 5.74) is 6.57. The summed E-state index contributed by atoms with van der Waals surface area (Å²) in [7, 11) is 1.88. The highest BCUT2D eigenvalue weighted by molar-refractivity contribution is 6.06. The van der Waals surface area contributed by atoms with Crippen LogP contribution >= 0.6 is 0 Å². The lowest BCUT2D eigenvalue weighted by Crippen LogP contribution is -2.28. The number of nitrogens with zero attached hydrogens (tertiary/aromatic N) is 7. The van der Waals surface area contributed by atoms with Gasteiger partial charge in [0.15, 0.2) is 0 Å². The Bertz CT molecular complexity index is 1600. The summed E-state index contributed by atoms with van der Waals surface area (Å²) in [5, 5.41) is 34.6. The lowest BCUT2D eigenvalue weighted by atomic mass is 9.86. The minimum Gasteiger partial charge on any atom is -0.394 e. The van der Waals surface area contributed by atoms with Gasteiger partial charge in [0, 0.05) is 32.0 Å². The van der Waals surface area contributed by atoms with Gasteiger partial charge in [-0.3, -0.25) is 9.67 Å². The number of pyridine rings is 1. The van der Waals surface area contributed by atoms with Gasteiger partial charge in [-0.05, 0) is 51.2 Å². The number of aromatic nitrogens is 7. The third-order valence-corrected chi connectivity index (χ3v) is 7.81. The van der Waals surface area contributed by atoms with Gasteiger partial charge in [-0.25, -0.2) is 4.68 Å². The van der Waals surface area contributed by atoms with Crippen LogP contribution in [0.5, 0.6) is 0 Å². The van der Waals surface area contributed by atoms with Gasteiger partial charge in [0.1, 0.15) is 22.3 Å².